The van der Waals surface area contributed by atoms with Gasteiger partial charge in [-0.1, -0.05) is 30.3 Å². The average molecular weight is 368 g/mol. The first kappa shape index (κ1) is 18.8. The molecule has 1 atom stereocenters. The highest BCUT2D eigenvalue weighted by Crippen LogP contribution is 2.07. The van der Waals surface area contributed by atoms with Crippen molar-refractivity contribution in [1.29, 1.82) is 0 Å². The van der Waals surface area contributed by atoms with E-state index in [1.165, 1.54) is 5.56 Å². The third kappa shape index (κ3) is 5.50. The summed E-state index contributed by atoms with van der Waals surface area (Å²) in [5.41, 5.74) is 7.99. The minimum absolute atomic E-state index is 0.287. The van der Waals surface area contributed by atoms with Crippen LogP contribution >= 0.6 is 0 Å². The van der Waals surface area contributed by atoms with E-state index < -0.39 is 6.04 Å². The molecule has 0 aliphatic rings. The van der Waals surface area contributed by atoms with Gasteiger partial charge in [0.05, 0.1) is 31.2 Å². The lowest BCUT2D eigenvalue weighted by Crippen LogP contribution is -2.37. The number of amides is 1. The Morgan fingerprint density at radius 3 is 2.89 bits per heavy atom. The smallest absolute Gasteiger partial charge is 0.242 e. The normalized spacial score (nSPS) is 12.1. The molecule has 3 N–H and O–H groups in total. The molecule has 3 aromatic rings. The van der Waals surface area contributed by atoms with Gasteiger partial charge < -0.3 is 20.4 Å². The maximum Gasteiger partial charge on any atom is 0.242 e. The molecular formula is C19H24N6O2. The van der Waals surface area contributed by atoms with Crippen LogP contribution in [0.2, 0.25) is 0 Å². The van der Waals surface area contributed by atoms with Crippen LogP contribution in [0.5, 0.6) is 0 Å². The number of nitrogens with one attached hydrogen (secondary N) is 1. The number of nitrogens with zero attached hydrogens (tertiary/aromatic N) is 4. The van der Waals surface area contributed by atoms with Crippen molar-refractivity contribution in [2.45, 2.75) is 25.6 Å². The van der Waals surface area contributed by atoms with Crippen molar-refractivity contribution in [2.24, 2.45) is 5.73 Å². The Morgan fingerprint density at radius 2 is 2.11 bits per heavy atom. The topological polar surface area (TPSA) is 100.0 Å². The van der Waals surface area contributed by atoms with Crippen LogP contribution in [0.4, 0.5) is 5.82 Å². The minimum atomic E-state index is -0.700. The predicted octanol–water partition coefficient (Wildman–Crippen LogP) is 1.28. The molecule has 0 fully saturated rings. The molecule has 0 unspecified atom stereocenters. The number of nitrogens with two attached hydrogens (primary N) is 1. The van der Waals surface area contributed by atoms with Gasteiger partial charge in [0.2, 0.25) is 5.91 Å². The van der Waals surface area contributed by atoms with Gasteiger partial charge in [-0.3, -0.25) is 9.48 Å². The number of imidazole rings is 1. The van der Waals surface area contributed by atoms with E-state index in [0.717, 1.165) is 12.2 Å². The lowest BCUT2D eigenvalue weighted by atomic mass is 10.1. The van der Waals surface area contributed by atoms with Crippen LogP contribution in [0.25, 0.3) is 0 Å². The highest BCUT2D eigenvalue weighted by molar-refractivity contribution is 5.93. The average Bonchev–Trinajstić information content (AvgIpc) is 3.30. The number of carbonyl (C=O) groups excluding carboxylic acids is 1. The van der Waals surface area contributed by atoms with Crippen molar-refractivity contribution in [3.8, 4) is 0 Å². The summed E-state index contributed by atoms with van der Waals surface area (Å²) in [6.45, 7) is 1.91. The maximum atomic E-state index is 12.3. The van der Waals surface area contributed by atoms with E-state index in [1.54, 1.807) is 30.4 Å². The van der Waals surface area contributed by atoms with Crippen molar-refractivity contribution in [1.82, 2.24) is 19.3 Å². The van der Waals surface area contributed by atoms with E-state index >= 15 is 0 Å². The zero-order valence-electron chi connectivity index (χ0n) is 15.3. The summed E-state index contributed by atoms with van der Waals surface area (Å²) in [6.07, 6.45) is 5.81. The van der Waals surface area contributed by atoms with E-state index in [2.05, 4.69) is 27.5 Å². The summed E-state index contributed by atoms with van der Waals surface area (Å²) >= 11 is 0. The third-order valence-electron chi connectivity index (χ3n) is 4.08. The fourth-order valence-corrected chi connectivity index (χ4v) is 2.67. The molecule has 8 heteroatoms. The van der Waals surface area contributed by atoms with Gasteiger partial charge in [0.15, 0.2) is 5.82 Å². The number of aromatic nitrogens is 4. The molecule has 0 bridgehead atoms. The van der Waals surface area contributed by atoms with Crippen LogP contribution in [0.15, 0.2) is 55.1 Å². The lowest BCUT2D eigenvalue weighted by molar-refractivity contribution is -0.117. The summed E-state index contributed by atoms with van der Waals surface area (Å²) < 4.78 is 8.69. The SMILES string of the molecule is COCCn1ccc(NC(=O)[C@@H](N)Cc2cn(Cc3ccccc3)cn2)n1. The van der Waals surface area contributed by atoms with E-state index in [0.29, 0.717) is 25.4 Å². The Kier molecular flexibility index (Phi) is 6.35. The highest BCUT2D eigenvalue weighted by atomic mass is 16.5. The van der Waals surface area contributed by atoms with E-state index in [9.17, 15) is 4.79 Å². The Bertz CT molecular complexity index is 858. The fourth-order valence-electron chi connectivity index (χ4n) is 2.67. The van der Waals surface area contributed by atoms with Gasteiger partial charge in [0, 0.05) is 38.5 Å². The molecule has 142 valence electrons. The maximum absolute atomic E-state index is 12.3. The van der Waals surface area contributed by atoms with Crippen LogP contribution in [0.3, 0.4) is 0 Å². The van der Waals surface area contributed by atoms with E-state index in [4.69, 9.17) is 10.5 Å². The van der Waals surface area contributed by atoms with Crippen molar-refractivity contribution < 1.29 is 9.53 Å². The second-order valence-corrected chi connectivity index (χ2v) is 6.28. The molecule has 1 aromatic carbocycles. The molecule has 2 heterocycles. The number of hydrogen-bond donors (Lipinski definition) is 2. The summed E-state index contributed by atoms with van der Waals surface area (Å²) in [5.74, 6) is 0.186. The van der Waals surface area contributed by atoms with Crippen LogP contribution in [0.1, 0.15) is 11.3 Å². The number of benzene rings is 1. The number of hydrogen-bond acceptors (Lipinski definition) is 5. The quantitative estimate of drug-likeness (QED) is 0.593. The molecule has 0 saturated carbocycles. The van der Waals surface area contributed by atoms with E-state index in [-0.39, 0.29) is 5.91 Å². The largest absolute Gasteiger partial charge is 0.383 e. The number of anilines is 1. The van der Waals surface area contributed by atoms with E-state index in [1.807, 2.05) is 29.0 Å². The van der Waals surface area contributed by atoms with Crippen LogP contribution in [0, 0.1) is 0 Å². The van der Waals surface area contributed by atoms with Gasteiger partial charge in [-0.25, -0.2) is 4.98 Å². The monoisotopic (exact) mass is 368 g/mol. The first-order valence-corrected chi connectivity index (χ1v) is 8.77. The van der Waals surface area contributed by atoms with Gasteiger partial charge in [0.25, 0.3) is 0 Å². The Morgan fingerprint density at radius 1 is 1.30 bits per heavy atom. The molecule has 0 aliphatic carbocycles. The molecule has 0 radical (unpaired) electrons. The molecule has 0 spiro atoms. The van der Waals surface area contributed by atoms with Crippen LogP contribution in [-0.4, -0.2) is 45.0 Å². The van der Waals surface area contributed by atoms with Crippen molar-refractivity contribution >= 4 is 11.7 Å². The first-order valence-electron chi connectivity index (χ1n) is 8.77. The minimum Gasteiger partial charge on any atom is -0.383 e. The molecule has 3 rings (SSSR count). The number of rotatable bonds is 9. The molecule has 2 aromatic heterocycles. The fraction of sp³-hybridized carbons (Fsp3) is 0.316. The van der Waals surface area contributed by atoms with Gasteiger partial charge >= 0.3 is 0 Å². The zero-order valence-corrected chi connectivity index (χ0v) is 15.3. The number of carbonyl (C=O) groups is 1. The molecule has 27 heavy (non-hydrogen) atoms. The number of ether oxygens (including phenoxy) is 1. The van der Waals surface area contributed by atoms with Crippen LogP contribution < -0.4 is 11.1 Å². The third-order valence-corrected chi connectivity index (χ3v) is 4.08. The molecule has 0 saturated heterocycles. The molecule has 0 aliphatic heterocycles. The molecular weight excluding hydrogens is 344 g/mol. The predicted molar refractivity (Wildman–Crippen MR) is 102 cm³/mol. The molecule has 1 amide bonds. The van der Waals surface area contributed by atoms with Gasteiger partial charge in [-0.05, 0) is 5.56 Å². The standard InChI is InChI=1S/C19H24N6O2/c1-27-10-9-25-8-7-18(23-25)22-19(26)17(20)11-16-13-24(14-21-16)12-15-5-3-2-4-6-15/h2-8,13-14,17H,9-12,20H2,1H3,(H,22,23,26)/t17-/m0/s1. The number of methoxy groups -OCH3 is 1. The van der Waals surface area contributed by atoms with Crippen molar-refractivity contribution in [3.63, 3.8) is 0 Å². The van der Waals surface area contributed by atoms with Crippen molar-refractivity contribution in [3.05, 3.63) is 66.4 Å². The second-order valence-electron chi connectivity index (χ2n) is 6.28. The Hall–Kier alpha value is -2.97. The first-order chi connectivity index (χ1) is 13.1. The highest BCUT2D eigenvalue weighted by Gasteiger charge is 2.16. The summed E-state index contributed by atoms with van der Waals surface area (Å²) in [6, 6.07) is 11.1. The Labute approximate surface area is 158 Å². The summed E-state index contributed by atoms with van der Waals surface area (Å²) in [4.78, 5) is 16.6. The summed E-state index contributed by atoms with van der Waals surface area (Å²) in [7, 11) is 1.63. The van der Waals surface area contributed by atoms with Crippen molar-refractivity contribution in [2.75, 3.05) is 19.0 Å². The van der Waals surface area contributed by atoms with Gasteiger partial charge in [0.1, 0.15) is 0 Å². The second kappa shape index (κ2) is 9.11. The summed E-state index contributed by atoms with van der Waals surface area (Å²) in [5, 5.41) is 6.99. The zero-order chi connectivity index (χ0) is 19.1. The van der Waals surface area contributed by atoms with Gasteiger partial charge in [-0.2, -0.15) is 5.10 Å². The lowest BCUT2D eigenvalue weighted by Gasteiger charge is -2.09. The Balaban J connectivity index is 1.51. The van der Waals surface area contributed by atoms with Gasteiger partial charge in [-0.15, -0.1) is 0 Å². The van der Waals surface area contributed by atoms with Crippen LogP contribution in [-0.2, 0) is 29.0 Å². The molecule has 8 nitrogen and oxygen atoms in total.